The first-order chi connectivity index (χ1) is 16.9. The minimum absolute atomic E-state index is 0.0217. The maximum atomic E-state index is 10.8. The lowest BCUT2D eigenvalue weighted by molar-refractivity contribution is 0.000967. The number of methoxy groups -OCH3 is 1. The van der Waals surface area contributed by atoms with E-state index in [1.807, 2.05) is 26.0 Å². The van der Waals surface area contributed by atoms with Gasteiger partial charge in [-0.1, -0.05) is 94.8 Å². The summed E-state index contributed by atoms with van der Waals surface area (Å²) >= 11 is 0. The molecule has 0 aromatic heterocycles. The van der Waals surface area contributed by atoms with E-state index in [4.69, 9.17) is 4.74 Å². The summed E-state index contributed by atoms with van der Waals surface area (Å²) in [5.74, 6) is 0.144. The predicted molar refractivity (Wildman–Crippen MR) is 146 cm³/mol. The molecule has 0 aliphatic heterocycles. The highest BCUT2D eigenvalue weighted by atomic mass is 16.5. The van der Waals surface area contributed by atoms with Crippen LogP contribution in [0.15, 0.2) is 60.7 Å². The second-order valence-electron chi connectivity index (χ2n) is 9.93. The molecule has 0 radical (unpaired) electrons. The van der Waals surface area contributed by atoms with Crippen LogP contribution in [0.2, 0.25) is 0 Å². The lowest BCUT2D eigenvalue weighted by atomic mass is 9.95. The van der Waals surface area contributed by atoms with Gasteiger partial charge in [0.05, 0.1) is 17.8 Å². The van der Waals surface area contributed by atoms with E-state index < -0.39 is 11.7 Å². The summed E-state index contributed by atoms with van der Waals surface area (Å²) in [5.41, 5.74) is 6.59. The molecule has 0 fully saturated rings. The van der Waals surface area contributed by atoms with E-state index in [9.17, 15) is 10.2 Å². The van der Waals surface area contributed by atoms with E-state index in [1.54, 1.807) is 7.11 Å². The molecule has 0 saturated heterocycles. The van der Waals surface area contributed by atoms with E-state index in [2.05, 4.69) is 62.4 Å². The summed E-state index contributed by atoms with van der Waals surface area (Å²) in [6, 6.07) is 15.3. The van der Waals surface area contributed by atoms with Crippen LogP contribution in [0.3, 0.4) is 0 Å². The van der Waals surface area contributed by atoms with Gasteiger partial charge < -0.3 is 14.9 Å². The van der Waals surface area contributed by atoms with E-state index in [1.165, 1.54) is 22.3 Å². The molecule has 35 heavy (non-hydrogen) atoms. The zero-order chi connectivity index (χ0) is 25.4. The smallest absolute Gasteiger partial charge is 0.0881 e. The molecule has 2 N–H and O–H groups in total. The quantitative estimate of drug-likeness (QED) is 0.311. The van der Waals surface area contributed by atoms with Crippen LogP contribution in [0.25, 0.3) is 5.57 Å². The zero-order valence-corrected chi connectivity index (χ0v) is 22.3. The Labute approximate surface area is 212 Å². The highest BCUT2D eigenvalue weighted by Gasteiger charge is 2.39. The molecule has 3 atom stereocenters. The van der Waals surface area contributed by atoms with Gasteiger partial charge in [0.25, 0.3) is 0 Å². The molecule has 0 bridgehead atoms. The molecule has 0 heterocycles. The van der Waals surface area contributed by atoms with E-state index in [0.717, 1.165) is 56.1 Å². The number of aliphatic hydroxyl groups excluding tert-OH is 1. The standard InChI is InChI=1S/C32H44O3/c1-6-12-28-30(33)27-19-18-24(22-29(27)31(28)35-5)17-16-23-13-10-14-26(21-23)25(7-2)15-11-20-32(34,8-3)9-4/h10-11,13-15,18-22,28,30-31,33-34H,6-9,12,16-17H2,1-5H3/b20-11+,25-15+. The Bertz CT molecular complexity index is 1020. The van der Waals surface area contributed by atoms with E-state index >= 15 is 0 Å². The fraction of sp³-hybridized carbons (Fsp3) is 0.500. The number of rotatable bonds is 12. The van der Waals surface area contributed by atoms with Gasteiger partial charge in [-0.25, -0.2) is 0 Å². The van der Waals surface area contributed by atoms with Crippen molar-refractivity contribution in [2.45, 2.75) is 90.4 Å². The van der Waals surface area contributed by atoms with Crippen molar-refractivity contribution in [2.75, 3.05) is 7.11 Å². The van der Waals surface area contributed by atoms with Crippen molar-refractivity contribution >= 4 is 5.57 Å². The number of aliphatic hydroxyl groups is 2. The molecule has 0 spiro atoms. The number of hydrogen-bond acceptors (Lipinski definition) is 3. The second-order valence-corrected chi connectivity index (χ2v) is 9.93. The van der Waals surface area contributed by atoms with Crippen LogP contribution in [-0.4, -0.2) is 22.9 Å². The molecule has 0 saturated carbocycles. The molecular weight excluding hydrogens is 432 g/mol. The highest BCUT2D eigenvalue weighted by Crippen LogP contribution is 2.47. The van der Waals surface area contributed by atoms with Gasteiger partial charge >= 0.3 is 0 Å². The van der Waals surface area contributed by atoms with Crippen LogP contribution in [0.1, 0.15) is 99.8 Å². The van der Waals surface area contributed by atoms with Gasteiger partial charge in [-0.15, -0.1) is 0 Å². The number of benzene rings is 2. The third-order valence-electron chi connectivity index (χ3n) is 7.76. The first kappa shape index (κ1) is 27.4. The van der Waals surface area contributed by atoms with Crippen LogP contribution >= 0.6 is 0 Å². The molecule has 0 amide bonds. The van der Waals surface area contributed by atoms with Gasteiger partial charge in [0, 0.05) is 13.0 Å². The van der Waals surface area contributed by atoms with Gasteiger partial charge in [0.2, 0.25) is 0 Å². The van der Waals surface area contributed by atoms with Crippen molar-refractivity contribution in [3.63, 3.8) is 0 Å². The topological polar surface area (TPSA) is 49.7 Å². The van der Waals surface area contributed by atoms with Crippen LogP contribution in [0, 0.1) is 5.92 Å². The molecule has 3 heteroatoms. The minimum Gasteiger partial charge on any atom is -0.388 e. The summed E-state index contributed by atoms with van der Waals surface area (Å²) < 4.78 is 5.83. The number of aryl methyl sites for hydroxylation is 2. The Balaban J connectivity index is 1.73. The van der Waals surface area contributed by atoms with Crippen molar-refractivity contribution in [2.24, 2.45) is 5.92 Å². The lowest BCUT2D eigenvalue weighted by Gasteiger charge is -2.20. The van der Waals surface area contributed by atoms with E-state index in [0.29, 0.717) is 0 Å². The molecule has 190 valence electrons. The van der Waals surface area contributed by atoms with Crippen LogP contribution in [0.5, 0.6) is 0 Å². The van der Waals surface area contributed by atoms with Crippen LogP contribution in [0.4, 0.5) is 0 Å². The maximum Gasteiger partial charge on any atom is 0.0881 e. The maximum absolute atomic E-state index is 10.8. The Kier molecular flexibility index (Phi) is 9.91. The van der Waals surface area contributed by atoms with Gasteiger partial charge in [0.15, 0.2) is 0 Å². The monoisotopic (exact) mass is 476 g/mol. The van der Waals surface area contributed by atoms with Gasteiger partial charge in [0.1, 0.15) is 0 Å². The molecule has 3 rings (SSSR count). The number of fused-ring (bicyclic) bond motifs is 1. The minimum atomic E-state index is -0.721. The largest absolute Gasteiger partial charge is 0.388 e. The SMILES string of the molecule is CCCC1C(O)c2ccc(CCc3cccc(/C(=C/C=C/C(O)(CC)CC)CC)c3)cc2C1OC. The second kappa shape index (κ2) is 12.7. The van der Waals surface area contributed by atoms with Crippen LogP contribution in [-0.2, 0) is 17.6 Å². The molecule has 2 aromatic rings. The normalized spacial score (nSPS) is 20.5. The number of allylic oxidation sites excluding steroid dienone is 3. The first-order valence-corrected chi connectivity index (χ1v) is 13.4. The zero-order valence-electron chi connectivity index (χ0n) is 22.3. The summed E-state index contributed by atoms with van der Waals surface area (Å²) in [6.45, 7) is 8.37. The fourth-order valence-corrected chi connectivity index (χ4v) is 5.33. The third kappa shape index (κ3) is 6.52. The lowest BCUT2D eigenvalue weighted by Crippen LogP contribution is -2.22. The van der Waals surface area contributed by atoms with Crippen molar-refractivity contribution in [3.05, 3.63) is 88.5 Å². The summed E-state index contributed by atoms with van der Waals surface area (Å²) in [5, 5.41) is 21.3. The van der Waals surface area contributed by atoms with Gasteiger partial charge in [-0.2, -0.15) is 0 Å². The summed E-state index contributed by atoms with van der Waals surface area (Å²) in [7, 11) is 1.76. The first-order valence-electron chi connectivity index (χ1n) is 13.4. The average Bonchev–Trinajstić information content (AvgIpc) is 3.15. The van der Waals surface area contributed by atoms with Crippen molar-refractivity contribution in [3.8, 4) is 0 Å². The van der Waals surface area contributed by atoms with Crippen molar-refractivity contribution in [1.82, 2.24) is 0 Å². The Morgan fingerprint density at radius 3 is 2.31 bits per heavy atom. The molecule has 3 nitrogen and oxygen atoms in total. The Morgan fingerprint density at radius 2 is 1.69 bits per heavy atom. The van der Waals surface area contributed by atoms with Crippen molar-refractivity contribution < 1.29 is 14.9 Å². The fourth-order valence-electron chi connectivity index (χ4n) is 5.33. The van der Waals surface area contributed by atoms with Gasteiger partial charge in [-0.05, 0) is 71.9 Å². The van der Waals surface area contributed by atoms with E-state index in [-0.39, 0.29) is 12.0 Å². The molecule has 1 aliphatic rings. The van der Waals surface area contributed by atoms with Crippen LogP contribution < -0.4 is 0 Å². The third-order valence-corrected chi connectivity index (χ3v) is 7.76. The molecule has 2 aromatic carbocycles. The molecule has 3 unspecified atom stereocenters. The summed E-state index contributed by atoms with van der Waals surface area (Å²) in [4.78, 5) is 0. The highest BCUT2D eigenvalue weighted by molar-refractivity contribution is 5.67. The van der Waals surface area contributed by atoms with Gasteiger partial charge in [-0.3, -0.25) is 0 Å². The number of hydrogen-bond donors (Lipinski definition) is 2. The molecule has 1 aliphatic carbocycles. The Hall–Kier alpha value is -2.20. The average molecular weight is 477 g/mol. The summed E-state index contributed by atoms with van der Waals surface area (Å²) in [6.07, 6.45) is 11.9. The Morgan fingerprint density at radius 1 is 0.971 bits per heavy atom. The molecular formula is C32H44O3. The predicted octanol–water partition coefficient (Wildman–Crippen LogP) is 7.52. The van der Waals surface area contributed by atoms with Crippen molar-refractivity contribution in [1.29, 1.82) is 0 Å². The number of ether oxygens (including phenoxy) is 1.